The van der Waals surface area contributed by atoms with E-state index in [-0.39, 0.29) is 27.8 Å². The molecular formula is C32H32ClN3O9. The molecule has 45 heavy (non-hydrogen) atoms. The van der Waals surface area contributed by atoms with Crippen LogP contribution in [0, 0.1) is 0 Å². The Hall–Kier alpha value is -5.23. The topological polar surface area (TPSA) is 142 Å². The third-order valence-electron chi connectivity index (χ3n) is 6.34. The normalized spacial score (nSPS) is 13.8. The van der Waals surface area contributed by atoms with E-state index in [1.54, 1.807) is 37.3 Å². The molecule has 0 bridgehead atoms. The van der Waals surface area contributed by atoms with E-state index in [0.717, 1.165) is 11.3 Å². The van der Waals surface area contributed by atoms with E-state index in [0.29, 0.717) is 41.7 Å². The first kappa shape index (κ1) is 32.7. The Morgan fingerprint density at radius 2 is 1.67 bits per heavy atom. The number of urea groups is 1. The van der Waals surface area contributed by atoms with E-state index in [9.17, 15) is 19.2 Å². The molecule has 0 atom stereocenters. The molecule has 12 nitrogen and oxygen atoms in total. The number of rotatable bonds is 13. The Balaban J connectivity index is 1.57. The number of barbiturate groups is 1. The average Bonchev–Trinajstić information content (AvgIpc) is 3.02. The molecule has 1 aliphatic heterocycles. The monoisotopic (exact) mass is 637 g/mol. The zero-order valence-corrected chi connectivity index (χ0v) is 25.9. The summed E-state index contributed by atoms with van der Waals surface area (Å²) in [5, 5.41) is 4.93. The van der Waals surface area contributed by atoms with Crippen LogP contribution in [0.3, 0.4) is 0 Å². The number of hydrogen-bond donors (Lipinski definition) is 2. The summed E-state index contributed by atoms with van der Waals surface area (Å²) in [7, 11) is 2.86. The molecule has 3 aromatic rings. The summed E-state index contributed by atoms with van der Waals surface area (Å²) in [6.07, 6.45) is 2.05. The number of nitrogens with one attached hydrogen (secondary N) is 2. The van der Waals surface area contributed by atoms with Crippen LogP contribution < -0.4 is 39.2 Å². The fourth-order valence-electron chi connectivity index (χ4n) is 4.33. The first-order chi connectivity index (χ1) is 21.7. The summed E-state index contributed by atoms with van der Waals surface area (Å²) in [4.78, 5) is 52.5. The highest BCUT2D eigenvalue weighted by molar-refractivity contribution is 6.39. The smallest absolute Gasteiger partial charge is 0.335 e. The van der Waals surface area contributed by atoms with Crippen molar-refractivity contribution in [1.82, 2.24) is 5.32 Å². The first-order valence-electron chi connectivity index (χ1n) is 13.9. The van der Waals surface area contributed by atoms with Gasteiger partial charge in [-0.15, -0.1) is 0 Å². The number of carbonyl (C=O) groups is 4. The fourth-order valence-corrected chi connectivity index (χ4v) is 4.60. The lowest BCUT2D eigenvalue weighted by Gasteiger charge is -2.27. The Kier molecular flexibility index (Phi) is 10.9. The second-order valence-electron chi connectivity index (χ2n) is 9.44. The summed E-state index contributed by atoms with van der Waals surface area (Å²) < 4.78 is 27.7. The number of ether oxygens (including phenoxy) is 5. The molecule has 1 saturated heterocycles. The molecule has 0 aliphatic carbocycles. The molecule has 13 heteroatoms. The van der Waals surface area contributed by atoms with Gasteiger partial charge in [-0.3, -0.25) is 19.7 Å². The first-order valence-corrected chi connectivity index (χ1v) is 14.3. The van der Waals surface area contributed by atoms with E-state index < -0.39 is 30.4 Å². The zero-order valence-electron chi connectivity index (χ0n) is 25.1. The highest BCUT2D eigenvalue weighted by Gasteiger charge is 2.37. The number of anilines is 2. The van der Waals surface area contributed by atoms with Crippen molar-refractivity contribution < 1.29 is 42.9 Å². The van der Waals surface area contributed by atoms with Crippen molar-refractivity contribution in [3.63, 3.8) is 0 Å². The number of amides is 5. The third-order valence-corrected chi connectivity index (χ3v) is 6.62. The summed E-state index contributed by atoms with van der Waals surface area (Å²) in [5.41, 5.74) is 0.607. The van der Waals surface area contributed by atoms with Gasteiger partial charge in [-0.2, -0.15) is 0 Å². The van der Waals surface area contributed by atoms with Crippen molar-refractivity contribution in [2.75, 3.05) is 44.3 Å². The summed E-state index contributed by atoms with van der Waals surface area (Å²) in [6, 6.07) is 13.5. The SMILES string of the molecule is CCCOc1ccc(N2C(=O)NC(=O)/C(=C\c3cc(Cl)c(OCC(=O)Nc4ccccc4OC)c(OC)c3)C2=O)cc1OCC. The number of halogens is 1. The Morgan fingerprint density at radius 3 is 2.38 bits per heavy atom. The minimum atomic E-state index is -0.919. The second kappa shape index (κ2) is 15.0. The lowest BCUT2D eigenvalue weighted by Crippen LogP contribution is -2.54. The second-order valence-corrected chi connectivity index (χ2v) is 9.85. The van der Waals surface area contributed by atoms with Gasteiger partial charge in [0.05, 0.1) is 43.8 Å². The van der Waals surface area contributed by atoms with E-state index in [1.165, 1.54) is 44.6 Å². The van der Waals surface area contributed by atoms with Crippen molar-refractivity contribution in [3.8, 4) is 28.7 Å². The van der Waals surface area contributed by atoms with E-state index in [1.807, 2.05) is 6.92 Å². The molecule has 0 aromatic heterocycles. The quantitative estimate of drug-likeness (QED) is 0.190. The molecule has 0 unspecified atom stereocenters. The standard InChI is InChI=1S/C32H32ClN3O9/c1-5-13-44-25-12-11-20(17-26(25)43-6-2)36-31(39)21(30(38)35-32(36)40)14-19-15-22(33)29(27(16-19)42-4)45-18-28(37)34-23-9-7-8-10-24(23)41-3/h7-12,14-17H,5-6,13,18H2,1-4H3,(H,34,37)(H,35,38,40)/b21-14+. The third kappa shape index (κ3) is 7.65. The van der Waals surface area contributed by atoms with Crippen LogP contribution >= 0.6 is 11.6 Å². The number of para-hydroxylation sites is 2. The molecule has 236 valence electrons. The molecule has 1 heterocycles. The molecule has 3 aromatic carbocycles. The van der Waals surface area contributed by atoms with Gasteiger partial charge >= 0.3 is 6.03 Å². The van der Waals surface area contributed by atoms with Crippen molar-refractivity contribution in [3.05, 3.63) is 70.8 Å². The van der Waals surface area contributed by atoms with Crippen LogP contribution in [0.4, 0.5) is 16.2 Å². The largest absolute Gasteiger partial charge is 0.495 e. The molecule has 0 saturated carbocycles. The maximum atomic E-state index is 13.5. The van der Waals surface area contributed by atoms with Crippen LogP contribution in [0.1, 0.15) is 25.8 Å². The van der Waals surface area contributed by atoms with E-state index in [2.05, 4.69) is 10.6 Å². The van der Waals surface area contributed by atoms with Gasteiger partial charge in [0.25, 0.3) is 17.7 Å². The molecule has 0 spiro atoms. The van der Waals surface area contributed by atoms with E-state index >= 15 is 0 Å². The predicted octanol–water partition coefficient (Wildman–Crippen LogP) is 5.23. The van der Waals surface area contributed by atoms with Crippen LogP contribution in [0.2, 0.25) is 5.02 Å². The lowest BCUT2D eigenvalue weighted by atomic mass is 10.1. The number of benzene rings is 3. The number of imide groups is 2. The van der Waals surface area contributed by atoms with Gasteiger partial charge in [-0.05, 0) is 61.4 Å². The Bertz CT molecular complexity index is 1640. The van der Waals surface area contributed by atoms with Gasteiger partial charge in [0.1, 0.15) is 11.3 Å². The average molecular weight is 638 g/mol. The van der Waals surface area contributed by atoms with Crippen molar-refractivity contribution in [2.45, 2.75) is 20.3 Å². The van der Waals surface area contributed by atoms with Gasteiger partial charge in [-0.25, -0.2) is 9.69 Å². The van der Waals surface area contributed by atoms with Gasteiger partial charge in [0.15, 0.2) is 29.6 Å². The van der Waals surface area contributed by atoms with Crippen LogP contribution in [0.5, 0.6) is 28.7 Å². The molecule has 4 rings (SSSR count). The van der Waals surface area contributed by atoms with Crippen LogP contribution in [0.15, 0.2) is 60.2 Å². The van der Waals surface area contributed by atoms with Crippen molar-refractivity contribution >= 4 is 52.8 Å². The minimum Gasteiger partial charge on any atom is -0.495 e. The Morgan fingerprint density at radius 1 is 0.911 bits per heavy atom. The molecule has 1 aliphatic rings. The predicted molar refractivity (Wildman–Crippen MR) is 168 cm³/mol. The van der Waals surface area contributed by atoms with Crippen LogP contribution in [-0.2, 0) is 14.4 Å². The Labute approximate surface area is 264 Å². The van der Waals surface area contributed by atoms with Crippen molar-refractivity contribution in [1.29, 1.82) is 0 Å². The van der Waals surface area contributed by atoms with Gasteiger partial charge in [0.2, 0.25) is 0 Å². The molecule has 5 amide bonds. The van der Waals surface area contributed by atoms with E-state index in [4.69, 9.17) is 35.3 Å². The highest BCUT2D eigenvalue weighted by Crippen LogP contribution is 2.38. The van der Waals surface area contributed by atoms with Crippen LogP contribution in [-0.4, -0.2) is 57.8 Å². The fraction of sp³-hybridized carbons (Fsp3) is 0.250. The molecule has 1 fully saturated rings. The number of nitrogens with zero attached hydrogens (tertiary/aromatic N) is 1. The van der Waals surface area contributed by atoms with Gasteiger partial charge in [-0.1, -0.05) is 30.7 Å². The number of hydrogen-bond acceptors (Lipinski definition) is 9. The maximum absolute atomic E-state index is 13.5. The van der Waals surface area contributed by atoms with Crippen LogP contribution in [0.25, 0.3) is 6.08 Å². The highest BCUT2D eigenvalue weighted by atomic mass is 35.5. The maximum Gasteiger partial charge on any atom is 0.335 e. The van der Waals surface area contributed by atoms with Gasteiger partial charge < -0.3 is 29.0 Å². The number of carbonyl (C=O) groups excluding carboxylic acids is 4. The molecule has 0 radical (unpaired) electrons. The molecular weight excluding hydrogens is 606 g/mol. The molecule has 2 N–H and O–H groups in total. The number of methoxy groups -OCH3 is 2. The summed E-state index contributed by atoms with van der Waals surface area (Å²) in [6.45, 7) is 4.13. The van der Waals surface area contributed by atoms with Gasteiger partial charge in [0, 0.05) is 6.07 Å². The zero-order chi connectivity index (χ0) is 32.5. The lowest BCUT2D eigenvalue weighted by molar-refractivity contribution is -0.122. The minimum absolute atomic E-state index is 0.0481. The summed E-state index contributed by atoms with van der Waals surface area (Å²) in [5.74, 6) is -0.740. The summed E-state index contributed by atoms with van der Waals surface area (Å²) >= 11 is 6.48. The van der Waals surface area contributed by atoms with Crippen molar-refractivity contribution in [2.24, 2.45) is 0 Å².